The van der Waals surface area contributed by atoms with Gasteiger partial charge in [0.25, 0.3) is 0 Å². The first-order valence-electron chi connectivity index (χ1n) is 3.50. The molecular weight excluding hydrogens is 200 g/mol. The van der Waals surface area contributed by atoms with E-state index in [9.17, 15) is 17.6 Å². The minimum absolute atomic E-state index is 0.240. The predicted octanol–water partition coefficient (Wildman–Crippen LogP) is 2.42. The van der Waals surface area contributed by atoms with Crippen LogP contribution in [0.1, 0.15) is 16.8 Å². The molecule has 1 aromatic heterocycles. The highest BCUT2D eigenvalue weighted by atomic mass is 19.4. The van der Waals surface area contributed by atoms with Gasteiger partial charge in [0.1, 0.15) is 17.4 Å². The van der Waals surface area contributed by atoms with Crippen molar-refractivity contribution < 1.29 is 17.6 Å². The number of pyridine rings is 1. The minimum atomic E-state index is -4.89. The van der Waals surface area contributed by atoms with Crippen molar-refractivity contribution in [1.82, 2.24) is 4.98 Å². The van der Waals surface area contributed by atoms with Crippen LogP contribution in [0.25, 0.3) is 0 Å². The van der Waals surface area contributed by atoms with Crippen molar-refractivity contribution in [3.63, 3.8) is 0 Å². The van der Waals surface area contributed by atoms with E-state index in [4.69, 9.17) is 5.26 Å². The van der Waals surface area contributed by atoms with E-state index < -0.39 is 23.3 Å². The number of aromatic nitrogens is 1. The highest BCUT2D eigenvalue weighted by Crippen LogP contribution is 2.33. The number of nitrogens with zero attached hydrogens (tertiary/aromatic N) is 2. The van der Waals surface area contributed by atoms with Gasteiger partial charge in [-0.05, 0) is 6.92 Å². The van der Waals surface area contributed by atoms with Gasteiger partial charge in [0, 0.05) is 11.8 Å². The molecule has 0 N–H and O–H groups in total. The first-order valence-corrected chi connectivity index (χ1v) is 3.50. The Balaban J connectivity index is 3.54. The maximum atomic E-state index is 13.0. The molecule has 1 heterocycles. The summed E-state index contributed by atoms with van der Waals surface area (Å²) in [6, 6.07) is 1.20. The van der Waals surface area contributed by atoms with Crippen molar-refractivity contribution in [1.29, 1.82) is 5.26 Å². The zero-order chi connectivity index (χ0) is 10.9. The average molecular weight is 204 g/mol. The molecule has 0 spiro atoms. The molecule has 0 aliphatic heterocycles. The molecule has 0 fully saturated rings. The van der Waals surface area contributed by atoms with Gasteiger partial charge in [0.15, 0.2) is 5.69 Å². The van der Waals surface area contributed by atoms with Crippen LogP contribution in [0.15, 0.2) is 6.20 Å². The summed E-state index contributed by atoms with van der Waals surface area (Å²) in [5, 5.41) is 8.32. The number of halogens is 4. The van der Waals surface area contributed by atoms with Gasteiger partial charge in [-0.3, -0.25) is 0 Å². The van der Waals surface area contributed by atoms with Crippen LogP contribution in [0.4, 0.5) is 17.6 Å². The van der Waals surface area contributed by atoms with Crippen LogP contribution < -0.4 is 0 Å². The molecule has 1 rings (SSSR count). The maximum Gasteiger partial charge on any atom is 0.422 e. The summed E-state index contributed by atoms with van der Waals surface area (Å²) in [6.45, 7) is 1.15. The van der Waals surface area contributed by atoms with Crippen LogP contribution in [0.5, 0.6) is 0 Å². The van der Waals surface area contributed by atoms with E-state index in [1.165, 1.54) is 6.07 Å². The molecule has 14 heavy (non-hydrogen) atoms. The molecule has 0 aromatic carbocycles. The largest absolute Gasteiger partial charge is 0.422 e. The molecule has 6 heteroatoms. The van der Waals surface area contributed by atoms with Crippen LogP contribution in [-0.2, 0) is 6.18 Å². The van der Waals surface area contributed by atoms with Gasteiger partial charge in [-0.25, -0.2) is 9.37 Å². The van der Waals surface area contributed by atoms with Crippen LogP contribution in [0.2, 0.25) is 0 Å². The van der Waals surface area contributed by atoms with Gasteiger partial charge in [0.05, 0.1) is 0 Å². The third-order valence-corrected chi connectivity index (χ3v) is 1.58. The smallest absolute Gasteiger partial charge is 0.244 e. The lowest BCUT2D eigenvalue weighted by molar-refractivity contribution is -0.140. The topological polar surface area (TPSA) is 36.7 Å². The number of alkyl halides is 3. The fourth-order valence-electron chi connectivity index (χ4n) is 0.927. The molecule has 2 nitrogen and oxygen atoms in total. The van der Waals surface area contributed by atoms with Gasteiger partial charge in [-0.15, -0.1) is 0 Å². The number of rotatable bonds is 0. The molecule has 1 aromatic rings. The Bertz CT molecular complexity index is 403. The molecule has 0 atom stereocenters. The number of aryl methyl sites for hydroxylation is 1. The molecule has 0 unspecified atom stereocenters. The van der Waals surface area contributed by atoms with Gasteiger partial charge in [0.2, 0.25) is 0 Å². The van der Waals surface area contributed by atoms with E-state index in [-0.39, 0.29) is 5.56 Å². The van der Waals surface area contributed by atoms with Crippen molar-refractivity contribution in [3.05, 3.63) is 28.8 Å². The third kappa shape index (κ3) is 1.66. The Morgan fingerprint density at radius 3 is 2.43 bits per heavy atom. The zero-order valence-corrected chi connectivity index (χ0v) is 6.98. The van der Waals surface area contributed by atoms with Crippen molar-refractivity contribution >= 4 is 0 Å². The minimum Gasteiger partial charge on any atom is -0.244 e. The summed E-state index contributed by atoms with van der Waals surface area (Å²) in [6.07, 6.45) is -4.00. The molecule has 0 radical (unpaired) electrons. The van der Waals surface area contributed by atoms with Gasteiger partial charge in [-0.2, -0.15) is 18.4 Å². The molecule has 74 valence electrons. The highest BCUT2D eigenvalue weighted by molar-refractivity contribution is 5.36. The highest BCUT2D eigenvalue weighted by Gasteiger charge is 2.38. The van der Waals surface area contributed by atoms with Gasteiger partial charge < -0.3 is 0 Å². The van der Waals surface area contributed by atoms with E-state index in [0.717, 1.165) is 13.1 Å². The van der Waals surface area contributed by atoms with Crippen molar-refractivity contribution in [3.8, 4) is 6.07 Å². The normalized spacial score (nSPS) is 11.1. The lowest BCUT2D eigenvalue weighted by atomic mass is 10.1. The van der Waals surface area contributed by atoms with Crippen LogP contribution in [-0.4, -0.2) is 4.98 Å². The fourth-order valence-corrected chi connectivity index (χ4v) is 0.927. The summed E-state index contributed by atoms with van der Waals surface area (Å²) in [4.78, 5) is 3.20. The fraction of sp³-hybridized carbons (Fsp3) is 0.250. The first kappa shape index (κ1) is 10.4. The molecule has 0 bridgehead atoms. The van der Waals surface area contributed by atoms with Gasteiger partial charge >= 0.3 is 6.18 Å². The summed E-state index contributed by atoms with van der Waals surface area (Å²) in [7, 11) is 0. The van der Waals surface area contributed by atoms with E-state index in [2.05, 4.69) is 4.98 Å². The SMILES string of the molecule is Cc1cnc(C#N)c(C(F)(F)F)c1F. The Hall–Kier alpha value is -1.64. The Labute approximate surface area is 76.8 Å². The maximum absolute atomic E-state index is 13.0. The van der Waals surface area contributed by atoms with Crippen LogP contribution >= 0.6 is 0 Å². The predicted molar refractivity (Wildman–Crippen MR) is 38.6 cm³/mol. The Morgan fingerprint density at radius 1 is 1.43 bits per heavy atom. The van der Waals surface area contributed by atoms with Crippen molar-refractivity contribution in [2.75, 3.05) is 0 Å². The summed E-state index contributed by atoms with van der Waals surface area (Å²) in [5.41, 5.74) is -2.78. The Kier molecular flexibility index (Phi) is 2.43. The monoisotopic (exact) mass is 204 g/mol. The first-order chi connectivity index (χ1) is 6.38. The van der Waals surface area contributed by atoms with E-state index in [1.54, 1.807) is 0 Å². The van der Waals surface area contributed by atoms with E-state index in [1.807, 2.05) is 0 Å². The second kappa shape index (κ2) is 3.25. The lowest BCUT2D eigenvalue weighted by Gasteiger charge is -2.09. The second-order valence-electron chi connectivity index (χ2n) is 2.59. The second-order valence-corrected chi connectivity index (χ2v) is 2.59. The molecular formula is C8H4F4N2. The molecule has 0 saturated carbocycles. The Morgan fingerprint density at radius 2 is 2.00 bits per heavy atom. The third-order valence-electron chi connectivity index (χ3n) is 1.58. The quantitative estimate of drug-likeness (QED) is 0.608. The molecule has 0 saturated heterocycles. The summed E-state index contributed by atoms with van der Waals surface area (Å²) < 4.78 is 49.8. The van der Waals surface area contributed by atoms with E-state index >= 15 is 0 Å². The van der Waals surface area contributed by atoms with Crippen LogP contribution in [0, 0.1) is 24.1 Å². The van der Waals surface area contributed by atoms with E-state index in [0.29, 0.717) is 0 Å². The van der Waals surface area contributed by atoms with Gasteiger partial charge in [-0.1, -0.05) is 0 Å². The summed E-state index contributed by atoms with van der Waals surface area (Å²) >= 11 is 0. The standard InChI is InChI=1S/C8H4F4N2/c1-4-3-14-5(2-13)6(7(4)9)8(10,11)12/h3H,1H3. The molecule has 0 aliphatic carbocycles. The molecule has 0 aliphatic rings. The van der Waals surface area contributed by atoms with Crippen LogP contribution in [0.3, 0.4) is 0 Å². The summed E-state index contributed by atoms with van der Waals surface area (Å²) in [5.74, 6) is -1.44. The lowest BCUT2D eigenvalue weighted by Crippen LogP contribution is -2.13. The number of hydrogen-bond acceptors (Lipinski definition) is 2. The number of nitriles is 1. The molecule has 0 amide bonds. The number of hydrogen-bond donors (Lipinski definition) is 0. The van der Waals surface area contributed by atoms with Crippen molar-refractivity contribution in [2.45, 2.75) is 13.1 Å². The zero-order valence-electron chi connectivity index (χ0n) is 6.98. The average Bonchev–Trinajstić information content (AvgIpc) is 2.07. The van der Waals surface area contributed by atoms with Crippen molar-refractivity contribution in [2.24, 2.45) is 0 Å².